The van der Waals surface area contributed by atoms with E-state index in [2.05, 4.69) is 41.4 Å². The van der Waals surface area contributed by atoms with E-state index in [1.54, 1.807) is 0 Å². The van der Waals surface area contributed by atoms with E-state index in [0.29, 0.717) is 13.1 Å². The van der Waals surface area contributed by atoms with Crippen LogP contribution in [0.25, 0.3) is 0 Å². The van der Waals surface area contributed by atoms with Crippen LogP contribution in [0.4, 0.5) is 0 Å². The van der Waals surface area contributed by atoms with Gasteiger partial charge in [0, 0.05) is 19.0 Å². The molecule has 1 rings (SSSR count). The Kier molecular flexibility index (Phi) is 11.6. The molecular weight excluding hydrogens is 309 g/mol. The van der Waals surface area contributed by atoms with E-state index in [-0.39, 0.29) is 42.7 Å². The molecule has 0 saturated carbocycles. The molecular formula is C15H27Cl2N3O. The highest BCUT2D eigenvalue weighted by Gasteiger charge is 2.17. The second-order valence-corrected chi connectivity index (χ2v) is 5.27. The zero-order valence-corrected chi connectivity index (χ0v) is 14.8. The van der Waals surface area contributed by atoms with Crippen LogP contribution in [0.1, 0.15) is 24.1 Å². The summed E-state index contributed by atoms with van der Waals surface area (Å²) in [5, 5.41) is 2.97. The minimum atomic E-state index is -0.138. The lowest BCUT2D eigenvalue weighted by atomic mass is 10.0. The van der Waals surface area contributed by atoms with Crippen LogP contribution in [0.15, 0.2) is 24.3 Å². The third-order valence-electron chi connectivity index (χ3n) is 3.36. The number of nitrogens with two attached hydrogens (primary N) is 1. The molecule has 0 saturated heterocycles. The SMILES string of the molecule is Cc1ccc(C(CNC(=O)C(C)CN)N(C)C)cc1.Cl.Cl. The number of carbonyl (C=O) groups is 1. The first kappa shape index (κ1) is 22.5. The smallest absolute Gasteiger partial charge is 0.224 e. The standard InChI is InChI=1S/C15H25N3O.2ClH/c1-11-5-7-13(8-6-11)14(18(3)4)10-17-15(19)12(2)9-16;;/h5-8,12,14H,9-10,16H2,1-4H3,(H,17,19);2*1H. The van der Waals surface area contributed by atoms with Crippen molar-refractivity contribution in [3.8, 4) is 0 Å². The average molecular weight is 336 g/mol. The van der Waals surface area contributed by atoms with Gasteiger partial charge in [-0.15, -0.1) is 24.8 Å². The van der Waals surface area contributed by atoms with E-state index in [1.165, 1.54) is 11.1 Å². The van der Waals surface area contributed by atoms with Crippen molar-refractivity contribution in [1.29, 1.82) is 0 Å². The lowest BCUT2D eigenvalue weighted by Crippen LogP contribution is -2.38. The van der Waals surface area contributed by atoms with Crippen LogP contribution in [0, 0.1) is 12.8 Å². The fourth-order valence-electron chi connectivity index (χ4n) is 1.87. The molecule has 0 spiro atoms. The molecule has 6 heteroatoms. The molecule has 0 radical (unpaired) electrons. The predicted molar refractivity (Wildman–Crippen MR) is 93.3 cm³/mol. The fourth-order valence-corrected chi connectivity index (χ4v) is 1.87. The molecule has 0 heterocycles. The molecule has 0 aliphatic rings. The molecule has 0 aromatic heterocycles. The van der Waals surface area contributed by atoms with Gasteiger partial charge in [-0.05, 0) is 26.6 Å². The Labute approximate surface area is 140 Å². The van der Waals surface area contributed by atoms with E-state index in [1.807, 2.05) is 21.0 Å². The Morgan fingerprint density at radius 1 is 1.24 bits per heavy atom. The van der Waals surface area contributed by atoms with Gasteiger partial charge in [-0.2, -0.15) is 0 Å². The van der Waals surface area contributed by atoms with Gasteiger partial charge in [-0.3, -0.25) is 4.79 Å². The number of rotatable bonds is 6. The first-order valence-corrected chi connectivity index (χ1v) is 6.66. The van der Waals surface area contributed by atoms with E-state index in [9.17, 15) is 4.79 Å². The van der Waals surface area contributed by atoms with Crippen molar-refractivity contribution in [3.63, 3.8) is 0 Å². The molecule has 122 valence electrons. The Morgan fingerprint density at radius 3 is 2.19 bits per heavy atom. The molecule has 0 aliphatic heterocycles. The molecule has 0 fully saturated rings. The number of halogens is 2. The molecule has 21 heavy (non-hydrogen) atoms. The van der Waals surface area contributed by atoms with Gasteiger partial charge in [-0.25, -0.2) is 0 Å². The quantitative estimate of drug-likeness (QED) is 0.837. The highest BCUT2D eigenvalue weighted by atomic mass is 35.5. The second-order valence-electron chi connectivity index (χ2n) is 5.27. The van der Waals surface area contributed by atoms with Crippen LogP contribution in [0.5, 0.6) is 0 Å². The van der Waals surface area contributed by atoms with Crippen molar-refractivity contribution in [1.82, 2.24) is 10.2 Å². The maximum absolute atomic E-state index is 11.8. The average Bonchev–Trinajstić information content (AvgIpc) is 2.39. The number of nitrogens with zero attached hydrogens (tertiary/aromatic N) is 1. The van der Waals surface area contributed by atoms with Crippen LogP contribution in [-0.4, -0.2) is 38.0 Å². The van der Waals surface area contributed by atoms with Crippen molar-refractivity contribution in [2.24, 2.45) is 11.7 Å². The normalized spacial score (nSPS) is 12.9. The second kappa shape index (κ2) is 10.9. The Bertz CT molecular complexity index is 410. The highest BCUT2D eigenvalue weighted by Crippen LogP contribution is 2.18. The Balaban J connectivity index is 0. The third-order valence-corrected chi connectivity index (χ3v) is 3.36. The van der Waals surface area contributed by atoms with Crippen LogP contribution < -0.4 is 11.1 Å². The summed E-state index contributed by atoms with van der Waals surface area (Å²) in [5.41, 5.74) is 7.94. The van der Waals surface area contributed by atoms with E-state index in [4.69, 9.17) is 5.73 Å². The maximum atomic E-state index is 11.8. The summed E-state index contributed by atoms with van der Waals surface area (Å²) in [5.74, 6) is -0.123. The first-order valence-electron chi connectivity index (χ1n) is 6.66. The number of nitrogens with one attached hydrogen (secondary N) is 1. The van der Waals surface area contributed by atoms with Gasteiger partial charge in [0.15, 0.2) is 0 Å². The molecule has 1 aromatic rings. The van der Waals surface area contributed by atoms with Gasteiger partial charge in [0.1, 0.15) is 0 Å². The molecule has 3 N–H and O–H groups in total. The van der Waals surface area contributed by atoms with E-state index < -0.39 is 0 Å². The summed E-state index contributed by atoms with van der Waals surface area (Å²) in [6.45, 7) is 4.88. The minimum Gasteiger partial charge on any atom is -0.354 e. The van der Waals surface area contributed by atoms with Gasteiger partial charge in [0.2, 0.25) is 5.91 Å². The minimum absolute atomic E-state index is 0. The van der Waals surface area contributed by atoms with E-state index >= 15 is 0 Å². The topological polar surface area (TPSA) is 58.4 Å². The Morgan fingerprint density at radius 2 is 1.76 bits per heavy atom. The predicted octanol–water partition coefficient (Wildman–Crippen LogP) is 2.15. The van der Waals surface area contributed by atoms with Crippen molar-refractivity contribution < 1.29 is 4.79 Å². The summed E-state index contributed by atoms with van der Waals surface area (Å²) >= 11 is 0. The number of hydrogen-bond acceptors (Lipinski definition) is 3. The van der Waals surface area contributed by atoms with Crippen LogP contribution >= 0.6 is 24.8 Å². The van der Waals surface area contributed by atoms with Gasteiger partial charge in [0.25, 0.3) is 0 Å². The number of aryl methyl sites for hydroxylation is 1. The molecule has 0 bridgehead atoms. The Hall–Kier alpha value is -0.810. The summed E-state index contributed by atoms with van der Waals surface area (Å²) in [7, 11) is 4.03. The van der Waals surface area contributed by atoms with Gasteiger partial charge < -0.3 is 16.0 Å². The van der Waals surface area contributed by atoms with Crippen molar-refractivity contribution in [2.45, 2.75) is 19.9 Å². The van der Waals surface area contributed by atoms with Crippen molar-refractivity contribution >= 4 is 30.7 Å². The summed E-state index contributed by atoms with van der Waals surface area (Å²) < 4.78 is 0. The first-order chi connectivity index (χ1) is 8.95. The number of benzene rings is 1. The lowest BCUT2D eigenvalue weighted by Gasteiger charge is -2.25. The van der Waals surface area contributed by atoms with Crippen LogP contribution in [0.2, 0.25) is 0 Å². The summed E-state index contributed by atoms with van der Waals surface area (Å²) in [6.07, 6.45) is 0. The van der Waals surface area contributed by atoms with Crippen molar-refractivity contribution in [3.05, 3.63) is 35.4 Å². The monoisotopic (exact) mass is 335 g/mol. The molecule has 2 unspecified atom stereocenters. The largest absolute Gasteiger partial charge is 0.354 e. The molecule has 1 aromatic carbocycles. The third kappa shape index (κ3) is 7.14. The van der Waals surface area contributed by atoms with Crippen LogP contribution in [-0.2, 0) is 4.79 Å². The van der Waals surface area contributed by atoms with E-state index in [0.717, 1.165) is 0 Å². The molecule has 4 nitrogen and oxygen atoms in total. The summed E-state index contributed by atoms with van der Waals surface area (Å²) in [6, 6.07) is 8.58. The van der Waals surface area contributed by atoms with Gasteiger partial charge >= 0.3 is 0 Å². The molecule has 2 atom stereocenters. The zero-order valence-electron chi connectivity index (χ0n) is 13.1. The number of carbonyl (C=O) groups excluding carboxylic acids is 1. The summed E-state index contributed by atoms with van der Waals surface area (Å²) in [4.78, 5) is 13.9. The fraction of sp³-hybridized carbons (Fsp3) is 0.533. The van der Waals surface area contributed by atoms with Crippen LogP contribution in [0.3, 0.4) is 0 Å². The van der Waals surface area contributed by atoms with Gasteiger partial charge in [-0.1, -0.05) is 36.8 Å². The highest BCUT2D eigenvalue weighted by molar-refractivity contribution is 5.85. The lowest BCUT2D eigenvalue weighted by molar-refractivity contribution is -0.124. The van der Waals surface area contributed by atoms with Gasteiger partial charge in [0.05, 0.1) is 6.04 Å². The zero-order chi connectivity index (χ0) is 14.4. The number of hydrogen-bond donors (Lipinski definition) is 2. The molecule has 0 aliphatic carbocycles. The number of amides is 1. The van der Waals surface area contributed by atoms with Crippen molar-refractivity contribution in [2.75, 3.05) is 27.2 Å². The number of likely N-dealkylation sites (N-methyl/N-ethyl adjacent to an activating group) is 1. The molecule has 1 amide bonds. The maximum Gasteiger partial charge on any atom is 0.224 e.